The Labute approximate surface area is 186 Å². The lowest BCUT2D eigenvalue weighted by molar-refractivity contribution is -0.113. The van der Waals surface area contributed by atoms with Gasteiger partial charge in [-0.05, 0) is 30.2 Å². The fourth-order valence-electron chi connectivity index (χ4n) is 2.97. The molecule has 0 bridgehead atoms. The summed E-state index contributed by atoms with van der Waals surface area (Å²) in [5.74, 6) is -0.0647. The second-order valence-electron chi connectivity index (χ2n) is 6.75. The zero-order chi connectivity index (χ0) is 21.3. The molecule has 4 rings (SSSR count). The van der Waals surface area contributed by atoms with Crippen LogP contribution in [-0.2, 0) is 11.8 Å². The number of hydrogen-bond donors (Lipinski definition) is 1. The average Bonchev–Trinajstić information content (AvgIpc) is 3.17. The molecular weight excluding hydrogens is 438 g/mol. The summed E-state index contributed by atoms with van der Waals surface area (Å²) in [7, 11) is 1.68. The first-order valence-electron chi connectivity index (χ1n) is 9.16. The van der Waals surface area contributed by atoms with E-state index in [1.165, 1.54) is 27.7 Å². The second-order valence-corrected chi connectivity index (χ2v) is 8.98. The van der Waals surface area contributed by atoms with Gasteiger partial charge in [-0.2, -0.15) is 0 Å². The molecule has 30 heavy (non-hydrogen) atoms. The van der Waals surface area contributed by atoms with Gasteiger partial charge in [0, 0.05) is 28.7 Å². The second kappa shape index (κ2) is 8.63. The summed E-state index contributed by atoms with van der Waals surface area (Å²) in [5, 5.41) is 5.88. The van der Waals surface area contributed by atoms with Gasteiger partial charge in [-0.1, -0.05) is 59.8 Å². The first-order chi connectivity index (χ1) is 14.4. The lowest BCUT2D eigenvalue weighted by atomic mass is 10.1. The third kappa shape index (κ3) is 4.14. The number of amides is 1. The molecule has 1 N–H and O–H groups in total. The van der Waals surface area contributed by atoms with Crippen molar-refractivity contribution < 1.29 is 4.79 Å². The monoisotopic (exact) mass is 455 g/mol. The molecule has 0 spiro atoms. The Morgan fingerprint density at radius 3 is 2.73 bits per heavy atom. The van der Waals surface area contributed by atoms with Crippen molar-refractivity contribution in [2.24, 2.45) is 7.05 Å². The van der Waals surface area contributed by atoms with Gasteiger partial charge >= 0.3 is 0 Å². The Bertz CT molecular complexity index is 1300. The zero-order valence-electron chi connectivity index (χ0n) is 16.3. The van der Waals surface area contributed by atoms with Crippen LogP contribution in [0.1, 0.15) is 5.56 Å². The van der Waals surface area contributed by atoms with Crippen LogP contribution in [0.5, 0.6) is 0 Å². The molecule has 0 saturated heterocycles. The third-order valence-corrected chi connectivity index (χ3v) is 7.03. The number of thioether (sulfide) groups is 1. The van der Waals surface area contributed by atoms with Crippen LogP contribution in [0.4, 0.5) is 5.69 Å². The van der Waals surface area contributed by atoms with E-state index < -0.39 is 0 Å². The highest BCUT2D eigenvalue weighted by molar-refractivity contribution is 7.99. The largest absolute Gasteiger partial charge is 0.325 e. The smallest absolute Gasteiger partial charge is 0.271 e. The highest BCUT2D eigenvalue weighted by atomic mass is 35.5. The minimum absolute atomic E-state index is 0.111. The van der Waals surface area contributed by atoms with E-state index in [0.29, 0.717) is 26.1 Å². The van der Waals surface area contributed by atoms with Crippen LogP contribution in [0.2, 0.25) is 5.02 Å². The number of hydrogen-bond acceptors (Lipinski definition) is 5. The van der Waals surface area contributed by atoms with Crippen molar-refractivity contribution in [3.63, 3.8) is 0 Å². The van der Waals surface area contributed by atoms with Gasteiger partial charge in [0.1, 0.15) is 4.70 Å². The van der Waals surface area contributed by atoms with E-state index in [2.05, 4.69) is 5.32 Å². The standard InChI is InChI=1S/C22H18ClN3O2S2/c1-13-8-9-15(10-17(13)23)24-18(27)12-30-22-25-19-16(14-6-4-3-5-7-14)11-29-20(19)21(28)26(22)2/h3-11H,12H2,1-2H3,(H,24,27). The maximum Gasteiger partial charge on any atom is 0.271 e. The molecule has 1 amide bonds. The fourth-order valence-corrected chi connectivity index (χ4v) is 4.91. The molecule has 0 aliphatic heterocycles. The van der Waals surface area contributed by atoms with Gasteiger partial charge in [-0.15, -0.1) is 11.3 Å². The molecule has 0 radical (unpaired) electrons. The molecule has 4 aromatic rings. The number of benzene rings is 2. The highest BCUT2D eigenvalue weighted by Gasteiger charge is 2.16. The maximum atomic E-state index is 12.8. The molecular formula is C22H18ClN3O2S2. The number of halogens is 1. The van der Waals surface area contributed by atoms with Gasteiger partial charge in [-0.25, -0.2) is 4.98 Å². The fraction of sp³-hybridized carbons (Fsp3) is 0.136. The molecule has 0 aliphatic carbocycles. The summed E-state index contributed by atoms with van der Waals surface area (Å²) in [6.45, 7) is 1.90. The van der Waals surface area contributed by atoms with E-state index in [9.17, 15) is 9.59 Å². The normalized spacial score (nSPS) is 11.0. The topological polar surface area (TPSA) is 64.0 Å². The van der Waals surface area contributed by atoms with Crippen LogP contribution in [0.25, 0.3) is 21.3 Å². The molecule has 0 fully saturated rings. The summed E-state index contributed by atoms with van der Waals surface area (Å²) in [6, 6.07) is 15.2. The Kier molecular flexibility index (Phi) is 5.94. The predicted octanol–water partition coefficient (Wildman–Crippen LogP) is 5.35. The van der Waals surface area contributed by atoms with Crippen molar-refractivity contribution in [2.75, 3.05) is 11.1 Å². The summed E-state index contributed by atoms with van der Waals surface area (Å²) in [6.07, 6.45) is 0. The van der Waals surface area contributed by atoms with Gasteiger partial charge < -0.3 is 5.32 Å². The van der Waals surface area contributed by atoms with Crippen molar-refractivity contribution in [1.82, 2.24) is 9.55 Å². The van der Waals surface area contributed by atoms with Gasteiger partial charge in [0.2, 0.25) is 5.91 Å². The van der Waals surface area contributed by atoms with Crippen molar-refractivity contribution in [1.29, 1.82) is 0 Å². The molecule has 8 heteroatoms. The lowest BCUT2D eigenvalue weighted by Crippen LogP contribution is -2.20. The van der Waals surface area contributed by atoms with Gasteiger partial charge in [0.15, 0.2) is 5.16 Å². The summed E-state index contributed by atoms with van der Waals surface area (Å²) >= 11 is 8.73. The van der Waals surface area contributed by atoms with Crippen LogP contribution < -0.4 is 10.9 Å². The van der Waals surface area contributed by atoms with E-state index in [0.717, 1.165) is 16.7 Å². The van der Waals surface area contributed by atoms with Crippen molar-refractivity contribution in [2.45, 2.75) is 12.1 Å². The molecule has 152 valence electrons. The van der Waals surface area contributed by atoms with Crippen LogP contribution in [0, 0.1) is 6.92 Å². The number of nitrogens with one attached hydrogen (secondary N) is 1. The molecule has 2 heterocycles. The number of fused-ring (bicyclic) bond motifs is 1. The van der Waals surface area contributed by atoms with E-state index in [1.54, 1.807) is 19.2 Å². The quantitative estimate of drug-likeness (QED) is 0.325. The van der Waals surface area contributed by atoms with Crippen LogP contribution in [0.3, 0.4) is 0 Å². The number of aryl methyl sites for hydroxylation is 1. The first kappa shape index (κ1) is 20.7. The predicted molar refractivity (Wildman–Crippen MR) is 126 cm³/mol. The highest BCUT2D eigenvalue weighted by Crippen LogP contribution is 2.32. The van der Waals surface area contributed by atoms with E-state index >= 15 is 0 Å². The van der Waals surface area contributed by atoms with Crippen LogP contribution in [0.15, 0.2) is 63.9 Å². The minimum atomic E-state index is -0.192. The van der Waals surface area contributed by atoms with Crippen LogP contribution in [-0.4, -0.2) is 21.2 Å². The number of nitrogens with zero attached hydrogens (tertiary/aromatic N) is 2. The molecule has 0 saturated carbocycles. The zero-order valence-corrected chi connectivity index (χ0v) is 18.7. The molecule has 0 aliphatic rings. The van der Waals surface area contributed by atoms with Crippen molar-refractivity contribution in [3.05, 3.63) is 74.9 Å². The van der Waals surface area contributed by atoms with Gasteiger partial charge in [0.05, 0.1) is 11.3 Å². The summed E-state index contributed by atoms with van der Waals surface area (Å²) in [5.41, 5.74) is 4.07. The maximum absolute atomic E-state index is 12.8. The molecule has 2 aromatic carbocycles. The molecule has 0 unspecified atom stereocenters. The number of thiophene rings is 1. The number of anilines is 1. The van der Waals surface area contributed by atoms with Gasteiger partial charge in [0.25, 0.3) is 5.56 Å². The van der Waals surface area contributed by atoms with Crippen LogP contribution >= 0.6 is 34.7 Å². The van der Waals surface area contributed by atoms with E-state index in [-0.39, 0.29) is 17.2 Å². The number of carbonyl (C=O) groups is 1. The Morgan fingerprint density at radius 2 is 2.00 bits per heavy atom. The third-order valence-electron chi connectivity index (χ3n) is 4.63. The molecule has 0 atom stereocenters. The Morgan fingerprint density at radius 1 is 1.23 bits per heavy atom. The van der Waals surface area contributed by atoms with E-state index in [1.807, 2.05) is 48.7 Å². The van der Waals surface area contributed by atoms with Gasteiger partial charge in [-0.3, -0.25) is 14.2 Å². The SMILES string of the molecule is Cc1ccc(NC(=O)CSc2nc3c(-c4ccccc4)csc3c(=O)n2C)cc1Cl. The number of aromatic nitrogens is 2. The summed E-state index contributed by atoms with van der Waals surface area (Å²) < 4.78 is 2.10. The van der Waals surface area contributed by atoms with Crippen molar-refractivity contribution in [3.8, 4) is 11.1 Å². The molecule has 5 nitrogen and oxygen atoms in total. The number of carbonyl (C=O) groups excluding carboxylic acids is 1. The number of rotatable bonds is 5. The lowest BCUT2D eigenvalue weighted by Gasteiger charge is -2.09. The minimum Gasteiger partial charge on any atom is -0.325 e. The summed E-state index contributed by atoms with van der Waals surface area (Å²) in [4.78, 5) is 29.9. The van der Waals surface area contributed by atoms with Crippen molar-refractivity contribution >= 4 is 56.5 Å². The van der Waals surface area contributed by atoms with E-state index in [4.69, 9.17) is 16.6 Å². The average molecular weight is 456 g/mol. The first-order valence-corrected chi connectivity index (χ1v) is 11.4. The Balaban J connectivity index is 1.58. The Hall–Kier alpha value is -2.61. The molecule has 2 aromatic heterocycles.